The van der Waals surface area contributed by atoms with Gasteiger partial charge in [0.15, 0.2) is 0 Å². The first kappa shape index (κ1) is 13.6. The lowest BCUT2D eigenvalue weighted by atomic mass is 10.1. The smallest absolute Gasteiger partial charge is 0.260 e. The molecular weight excluding hydrogens is 287 g/mol. The van der Waals surface area contributed by atoms with Crippen molar-refractivity contribution in [2.45, 2.75) is 6.92 Å². The Kier molecular flexibility index (Phi) is 3.87. The van der Waals surface area contributed by atoms with Crippen LogP contribution < -0.4 is 11.1 Å². The number of amides is 1. The van der Waals surface area contributed by atoms with Crippen molar-refractivity contribution in [2.75, 3.05) is 11.1 Å². The Hall–Kier alpha value is -1.85. The SMILES string of the molecule is Cc1cc(Cl)nc(NC(=O)c2ccc(Cl)cc2N)n1. The number of halogens is 2. The molecule has 2 aromatic rings. The van der Waals surface area contributed by atoms with Gasteiger partial charge in [0.1, 0.15) is 5.15 Å². The first-order valence-electron chi connectivity index (χ1n) is 5.33. The number of carbonyl (C=O) groups is 1. The van der Waals surface area contributed by atoms with Gasteiger partial charge < -0.3 is 5.73 Å². The normalized spacial score (nSPS) is 10.3. The second-order valence-corrected chi connectivity index (χ2v) is 4.67. The summed E-state index contributed by atoms with van der Waals surface area (Å²) in [4.78, 5) is 20.0. The molecule has 0 atom stereocenters. The summed E-state index contributed by atoms with van der Waals surface area (Å²) in [6.45, 7) is 1.75. The fourth-order valence-electron chi connectivity index (χ4n) is 1.50. The highest BCUT2D eigenvalue weighted by atomic mass is 35.5. The Morgan fingerprint density at radius 1 is 1.26 bits per heavy atom. The Morgan fingerprint density at radius 3 is 2.63 bits per heavy atom. The summed E-state index contributed by atoms with van der Waals surface area (Å²) in [6.07, 6.45) is 0. The number of aryl methyl sites for hydroxylation is 1. The van der Waals surface area contributed by atoms with E-state index in [1.807, 2.05) is 0 Å². The first-order valence-corrected chi connectivity index (χ1v) is 6.09. The van der Waals surface area contributed by atoms with Crippen LogP contribution in [0.3, 0.4) is 0 Å². The van der Waals surface area contributed by atoms with Crippen molar-refractivity contribution in [3.63, 3.8) is 0 Å². The number of hydrogen-bond donors (Lipinski definition) is 2. The molecule has 0 aliphatic rings. The van der Waals surface area contributed by atoms with Crippen molar-refractivity contribution in [1.82, 2.24) is 9.97 Å². The van der Waals surface area contributed by atoms with Crippen molar-refractivity contribution >= 4 is 40.7 Å². The number of nitrogen functional groups attached to an aromatic ring is 1. The Morgan fingerprint density at radius 2 is 2.00 bits per heavy atom. The minimum Gasteiger partial charge on any atom is -0.398 e. The van der Waals surface area contributed by atoms with Crippen molar-refractivity contribution in [2.24, 2.45) is 0 Å². The van der Waals surface area contributed by atoms with E-state index in [2.05, 4.69) is 15.3 Å². The van der Waals surface area contributed by atoms with Gasteiger partial charge in [0.2, 0.25) is 5.95 Å². The highest BCUT2D eigenvalue weighted by molar-refractivity contribution is 6.31. The Balaban J connectivity index is 2.25. The number of hydrogen-bond acceptors (Lipinski definition) is 4. The summed E-state index contributed by atoms with van der Waals surface area (Å²) in [5, 5.41) is 3.25. The summed E-state index contributed by atoms with van der Waals surface area (Å²) in [5.74, 6) is -0.291. The molecule has 3 N–H and O–H groups in total. The topological polar surface area (TPSA) is 80.9 Å². The van der Waals surface area contributed by atoms with E-state index in [9.17, 15) is 4.79 Å². The number of carbonyl (C=O) groups excluding carboxylic acids is 1. The molecule has 0 aliphatic carbocycles. The van der Waals surface area contributed by atoms with Crippen molar-refractivity contribution in [1.29, 1.82) is 0 Å². The average Bonchev–Trinajstić information content (AvgIpc) is 2.26. The molecule has 1 aromatic carbocycles. The quantitative estimate of drug-likeness (QED) is 0.659. The first-order chi connectivity index (χ1) is 8.95. The summed E-state index contributed by atoms with van der Waals surface area (Å²) >= 11 is 11.6. The highest BCUT2D eigenvalue weighted by Crippen LogP contribution is 2.19. The summed E-state index contributed by atoms with van der Waals surface area (Å²) in [5.41, 5.74) is 6.95. The molecule has 0 radical (unpaired) electrons. The van der Waals surface area contributed by atoms with Crippen molar-refractivity contribution < 1.29 is 4.79 Å². The van der Waals surface area contributed by atoms with E-state index in [1.54, 1.807) is 19.1 Å². The molecule has 0 fully saturated rings. The third kappa shape index (κ3) is 3.33. The van der Waals surface area contributed by atoms with E-state index in [4.69, 9.17) is 28.9 Å². The molecule has 5 nitrogen and oxygen atoms in total. The van der Waals surface area contributed by atoms with Gasteiger partial charge >= 0.3 is 0 Å². The van der Waals surface area contributed by atoms with Gasteiger partial charge in [-0.3, -0.25) is 10.1 Å². The standard InChI is InChI=1S/C12H10Cl2N4O/c1-6-4-10(14)17-12(16-6)18-11(19)8-3-2-7(13)5-9(8)15/h2-5H,15H2,1H3,(H,16,17,18,19). The predicted molar refractivity (Wildman–Crippen MR) is 75.6 cm³/mol. The molecular formula is C12H10Cl2N4O. The van der Waals surface area contributed by atoms with Crippen LogP contribution in [0, 0.1) is 6.92 Å². The van der Waals surface area contributed by atoms with Gasteiger partial charge in [-0.25, -0.2) is 9.97 Å². The van der Waals surface area contributed by atoms with Crippen molar-refractivity contribution in [3.05, 3.63) is 45.7 Å². The van der Waals surface area contributed by atoms with Crippen LogP contribution in [0.5, 0.6) is 0 Å². The van der Waals surface area contributed by atoms with Crippen LogP contribution in [0.4, 0.5) is 11.6 Å². The van der Waals surface area contributed by atoms with E-state index >= 15 is 0 Å². The lowest BCUT2D eigenvalue weighted by molar-refractivity contribution is 0.102. The number of anilines is 2. The van der Waals surface area contributed by atoms with Gasteiger partial charge in [-0.1, -0.05) is 23.2 Å². The van der Waals surface area contributed by atoms with Crippen LogP contribution in [0.25, 0.3) is 0 Å². The highest BCUT2D eigenvalue weighted by Gasteiger charge is 2.12. The van der Waals surface area contributed by atoms with Gasteiger partial charge in [-0.05, 0) is 31.2 Å². The molecule has 0 saturated heterocycles. The summed E-state index contributed by atoms with van der Waals surface area (Å²) in [7, 11) is 0. The third-order valence-electron chi connectivity index (χ3n) is 2.31. The third-order valence-corrected chi connectivity index (χ3v) is 2.74. The number of nitrogens with one attached hydrogen (secondary N) is 1. The molecule has 0 aliphatic heterocycles. The number of nitrogens with two attached hydrogens (primary N) is 1. The van der Waals surface area contributed by atoms with E-state index in [0.29, 0.717) is 16.3 Å². The zero-order valence-electron chi connectivity index (χ0n) is 9.95. The number of nitrogens with zero attached hydrogens (tertiary/aromatic N) is 2. The molecule has 98 valence electrons. The minimum atomic E-state index is -0.421. The lowest BCUT2D eigenvalue weighted by Crippen LogP contribution is -2.16. The molecule has 0 unspecified atom stereocenters. The van der Waals surface area contributed by atoms with Gasteiger partial charge in [0.25, 0.3) is 5.91 Å². The maximum Gasteiger partial charge on any atom is 0.260 e. The molecule has 2 rings (SSSR count). The largest absolute Gasteiger partial charge is 0.398 e. The molecule has 0 saturated carbocycles. The lowest BCUT2D eigenvalue weighted by Gasteiger charge is -2.07. The van der Waals surface area contributed by atoms with E-state index in [0.717, 1.165) is 0 Å². The molecule has 1 heterocycles. The number of rotatable bonds is 2. The van der Waals surface area contributed by atoms with Crippen LogP contribution in [-0.2, 0) is 0 Å². The molecule has 0 spiro atoms. The molecule has 19 heavy (non-hydrogen) atoms. The van der Waals surface area contributed by atoms with Crippen LogP contribution in [-0.4, -0.2) is 15.9 Å². The fourth-order valence-corrected chi connectivity index (χ4v) is 1.91. The zero-order valence-corrected chi connectivity index (χ0v) is 11.5. The van der Waals surface area contributed by atoms with Crippen LogP contribution in [0.15, 0.2) is 24.3 Å². The Bertz CT molecular complexity index is 625. The maximum atomic E-state index is 12.0. The monoisotopic (exact) mass is 296 g/mol. The predicted octanol–water partition coefficient (Wildman–Crippen LogP) is 2.93. The van der Waals surface area contributed by atoms with Crippen LogP contribution >= 0.6 is 23.2 Å². The average molecular weight is 297 g/mol. The van der Waals surface area contributed by atoms with Crippen LogP contribution in [0.2, 0.25) is 10.2 Å². The van der Waals surface area contributed by atoms with Crippen LogP contribution in [0.1, 0.15) is 16.1 Å². The van der Waals surface area contributed by atoms with Crippen molar-refractivity contribution in [3.8, 4) is 0 Å². The van der Waals surface area contributed by atoms with Gasteiger partial charge in [0.05, 0.1) is 5.56 Å². The molecule has 1 amide bonds. The van der Waals surface area contributed by atoms with E-state index in [-0.39, 0.29) is 16.8 Å². The number of benzene rings is 1. The van der Waals surface area contributed by atoms with E-state index in [1.165, 1.54) is 12.1 Å². The summed E-state index contributed by atoms with van der Waals surface area (Å²) < 4.78 is 0. The maximum absolute atomic E-state index is 12.0. The fraction of sp³-hybridized carbons (Fsp3) is 0.0833. The number of aromatic nitrogens is 2. The molecule has 1 aromatic heterocycles. The molecule has 7 heteroatoms. The Labute approximate surface area is 119 Å². The zero-order chi connectivity index (χ0) is 14.0. The van der Waals surface area contributed by atoms with Gasteiger partial charge in [0, 0.05) is 16.4 Å². The second-order valence-electron chi connectivity index (χ2n) is 3.84. The summed E-state index contributed by atoms with van der Waals surface area (Å²) in [6, 6.07) is 6.20. The minimum absolute atomic E-state index is 0.129. The van der Waals surface area contributed by atoms with Gasteiger partial charge in [-0.2, -0.15) is 0 Å². The second kappa shape index (κ2) is 5.42. The molecule has 0 bridgehead atoms. The van der Waals surface area contributed by atoms with E-state index < -0.39 is 5.91 Å². The van der Waals surface area contributed by atoms with Gasteiger partial charge in [-0.15, -0.1) is 0 Å².